The summed E-state index contributed by atoms with van der Waals surface area (Å²) >= 11 is 0. The van der Waals surface area contributed by atoms with Gasteiger partial charge in [-0.15, -0.1) is 0 Å². The number of halogens is 3. The molecule has 6 rings (SSSR count). The maximum Gasteiger partial charge on any atom is 0.418 e. The molecule has 2 fully saturated rings. The zero-order valence-corrected chi connectivity index (χ0v) is 26.2. The van der Waals surface area contributed by atoms with Crippen molar-refractivity contribution in [3.63, 3.8) is 0 Å². The van der Waals surface area contributed by atoms with Gasteiger partial charge in [0.25, 0.3) is 5.91 Å². The minimum Gasteiger partial charge on any atom is -0.477 e. The van der Waals surface area contributed by atoms with Crippen LogP contribution in [0.2, 0.25) is 0 Å². The van der Waals surface area contributed by atoms with E-state index in [2.05, 4.69) is 20.1 Å². The molecule has 0 aliphatic carbocycles. The summed E-state index contributed by atoms with van der Waals surface area (Å²) in [7, 11) is 1.99. The second kappa shape index (κ2) is 12.8. The van der Waals surface area contributed by atoms with E-state index in [1.54, 1.807) is 23.2 Å². The lowest BCUT2D eigenvalue weighted by molar-refractivity contribution is -0.137. The minimum absolute atomic E-state index is 0.00885. The molecule has 1 aromatic carbocycles. The second-order valence-electron chi connectivity index (χ2n) is 11.9. The monoisotopic (exact) mass is 637 g/mol. The number of amides is 3. The van der Waals surface area contributed by atoms with E-state index in [0.717, 1.165) is 19.2 Å². The van der Waals surface area contributed by atoms with Crippen LogP contribution in [-0.4, -0.2) is 96.7 Å². The number of nitrogens with zero attached hydrogens (tertiary/aromatic N) is 6. The van der Waals surface area contributed by atoms with Crippen LogP contribution in [0.25, 0.3) is 11.3 Å². The van der Waals surface area contributed by atoms with Gasteiger partial charge < -0.3 is 24.8 Å². The highest BCUT2D eigenvalue weighted by molar-refractivity contribution is 5.99. The lowest BCUT2D eigenvalue weighted by atomic mass is 10.0. The van der Waals surface area contributed by atoms with Gasteiger partial charge >= 0.3 is 12.2 Å². The molecule has 1 N–H and O–H groups in total. The standard InChI is InChI=1S/C33H38F3N7O3/c1-4-23-20-41(32(45)43-15-13-21-8-6-10-25(29(21)43)33(34,35)36)16-17-42(23)27-12-11-26(24-9-7-14-37-31(24)46-5-2)39-28(27)30(44)38-22-18-40(3)19-22/h6-12,14,22-23H,4-5,13,15-20H2,1-3H3,(H,38,44)/t23-/m1/s1. The molecular weight excluding hydrogens is 599 g/mol. The van der Waals surface area contributed by atoms with Gasteiger partial charge in [-0.3, -0.25) is 9.69 Å². The molecule has 0 saturated carbocycles. The number of para-hydroxylation sites is 1. The molecule has 3 aliphatic rings. The van der Waals surface area contributed by atoms with E-state index < -0.39 is 17.8 Å². The molecule has 0 spiro atoms. The van der Waals surface area contributed by atoms with Crippen LogP contribution in [0.15, 0.2) is 48.7 Å². The van der Waals surface area contributed by atoms with Crippen molar-refractivity contribution < 1.29 is 27.5 Å². The largest absolute Gasteiger partial charge is 0.477 e. The van der Waals surface area contributed by atoms with Crippen LogP contribution in [0.5, 0.6) is 5.88 Å². The molecule has 2 saturated heterocycles. The number of carbonyl (C=O) groups is 2. The first-order chi connectivity index (χ1) is 22.1. The Kier molecular flexibility index (Phi) is 8.78. The number of urea groups is 1. The molecular formula is C33H38F3N7O3. The van der Waals surface area contributed by atoms with Crippen molar-refractivity contribution in [3.05, 3.63) is 65.5 Å². The Balaban J connectivity index is 1.28. The lowest BCUT2D eigenvalue weighted by Crippen LogP contribution is -2.59. The third-order valence-corrected chi connectivity index (χ3v) is 8.88. The van der Waals surface area contributed by atoms with Crippen molar-refractivity contribution in [1.29, 1.82) is 0 Å². The highest BCUT2D eigenvalue weighted by Crippen LogP contribution is 2.42. The van der Waals surface area contributed by atoms with E-state index in [9.17, 15) is 22.8 Å². The Morgan fingerprint density at radius 3 is 2.54 bits per heavy atom. The quantitative estimate of drug-likeness (QED) is 0.402. The summed E-state index contributed by atoms with van der Waals surface area (Å²) < 4.78 is 47.4. The van der Waals surface area contributed by atoms with Crippen molar-refractivity contribution >= 4 is 23.3 Å². The van der Waals surface area contributed by atoms with E-state index in [0.29, 0.717) is 60.9 Å². The van der Waals surface area contributed by atoms with E-state index in [1.807, 2.05) is 39.1 Å². The molecule has 3 amide bonds. The molecule has 0 unspecified atom stereocenters. The highest BCUT2D eigenvalue weighted by atomic mass is 19.4. The third kappa shape index (κ3) is 6.07. The molecule has 13 heteroatoms. The van der Waals surface area contributed by atoms with Gasteiger partial charge in [0.15, 0.2) is 5.69 Å². The average Bonchev–Trinajstić information content (AvgIpc) is 3.47. The van der Waals surface area contributed by atoms with Crippen molar-refractivity contribution in [3.8, 4) is 17.1 Å². The zero-order valence-electron chi connectivity index (χ0n) is 26.2. The van der Waals surface area contributed by atoms with Gasteiger partial charge in [0.2, 0.25) is 5.88 Å². The highest BCUT2D eigenvalue weighted by Gasteiger charge is 2.41. The van der Waals surface area contributed by atoms with Crippen molar-refractivity contribution in [2.45, 2.75) is 44.9 Å². The molecule has 3 aliphatic heterocycles. The van der Waals surface area contributed by atoms with Crippen LogP contribution < -0.4 is 19.9 Å². The van der Waals surface area contributed by atoms with Crippen molar-refractivity contribution in [2.75, 3.05) is 62.7 Å². The number of rotatable bonds is 7. The number of anilines is 2. The molecule has 3 aromatic rings. The van der Waals surface area contributed by atoms with E-state index in [4.69, 9.17) is 9.72 Å². The lowest BCUT2D eigenvalue weighted by Gasteiger charge is -2.44. The van der Waals surface area contributed by atoms with Crippen LogP contribution >= 0.6 is 0 Å². The Bertz CT molecular complexity index is 1610. The number of likely N-dealkylation sites (N-methyl/N-ethyl adjacent to an activating group) is 1. The summed E-state index contributed by atoms with van der Waals surface area (Å²) in [5, 5.41) is 3.11. The first-order valence-corrected chi connectivity index (χ1v) is 15.7. The van der Waals surface area contributed by atoms with Crippen LogP contribution in [0, 0.1) is 0 Å². The Morgan fingerprint density at radius 1 is 1.02 bits per heavy atom. The number of fused-ring (bicyclic) bond motifs is 1. The average molecular weight is 638 g/mol. The number of carbonyl (C=O) groups excluding carboxylic acids is 2. The predicted octanol–water partition coefficient (Wildman–Crippen LogP) is 4.69. The van der Waals surface area contributed by atoms with E-state index in [1.165, 1.54) is 11.0 Å². The maximum absolute atomic E-state index is 13.9. The molecule has 0 radical (unpaired) electrons. The Morgan fingerprint density at radius 2 is 1.83 bits per heavy atom. The summed E-state index contributed by atoms with van der Waals surface area (Å²) in [6.45, 7) is 6.93. The number of hydrogen-bond donors (Lipinski definition) is 1. The van der Waals surface area contributed by atoms with E-state index in [-0.39, 0.29) is 42.5 Å². The Hall–Kier alpha value is -4.39. The summed E-state index contributed by atoms with van der Waals surface area (Å²) in [4.78, 5) is 43.8. The van der Waals surface area contributed by atoms with Crippen LogP contribution in [0.3, 0.4) is 0 Å². The molecule has 46 heavy (non-hydrogen) atoms. The van der Waals surface area contributed by atoms with Crippen molar-refractivity contribution in [1.82, 2.24) is 25.1 Å². The number of alkyl halides is 3. The van der Waals surface area contributed by atoms with Gasteiger partial charge in [-0.2, -0.15) is 13.2 Å². The number of benzene rings is 1. The number of likely N-dealkylation sites (tertiary alicyclic amines) is 1. The Labute approximate surface area is 266 Å². The van der Waals surface area contributed by atoms with Gasteiger partial charge in [-0.05, 0) is 62.7 Å². The topological polar surface area (TPSA) is 94.1 Å². The number of nitrogens with one attached hydrogen (secondary N) is 1. The van der Waals surface area contributed by atoms with Crippen LogP contribution in [-0.2, 0) is 12.6 Å². The summed E-state index contributed by atoms with van der Waals surface area (Å²) in [5.41, 5.74) is 1.81. The molecule has 10 nitrogen and oxygen atoms in total. The van der Waals surface area contributed by atoms with Gasteiger partial charge in [0.1, 0.15) is 0 Å². The summed E-state index contributed by atoms with van der Waals surface area (Å²) in [5.74, 6) is 0.131. The number of aromatic nitrogens is 2. The van der Waals surface area contributed by atoms with Gasteiger partial charge in [-0.1, -0.05) is 19.1 Å². The van der Waals surface area contributed by atoms with Crippen molar-refractivity contribution in [2.24, 2.45) is 0 Å². The smallest absolute Gasteiger partial charge is 0.418 e. The van der Waals surface area contributed by atoms with Gasteiger partial charge in [-0.25, -0.2) is 14.8 Å². The molecule has 0 bridgehead atoms. The molecule has 244 valence electrons. The fourth-order valence-corrected chi connectivity index (χ4v) is 6.62. The third-order valence-electron chi connectivity index (χ3n) is 8.88. The second-order valence-corrected chi connectivity index (χ2v) is 11.9. The van der Waals surface area contributed by atoms with Crippen LogP contribution in [0.4, 0.5) is 29.3 Å². The summed E-state index contributed by atoms with van der Waals surface area (Å²) in [6.07, 6.45) is -1.91. The van der Waals surface area contributed by atoms with Gasteiger partial charge in [0, 0.05) is 51.5 Å². The minimum atomic E-state index is -4.57. The SMILES string of the molecule is CCOc1ncccc1-c1ccc(N2CCN(C(=O)N3CCc4cccc(C(F)(F)F)c43)C[C@H]2CC)c(C(=O)NC2CN(C)C2)n1. The number of piperazine rings is 1. The first kappa shape index (κ1) is 31.6. The maximum atomic E-state index is 13.9. The molecule has 5 heterocycles. The fourth-order valence-electron chi connectivity index (χ4n) is 6.62. The number of hydrogen-bond acceptors (Lipinski definition) is 7. The summed E-state index contributed by atoms with van der Waals surface area (Å²) in [6, 6.07) is 10.8. The molecule has 1 atom stereocenters. The number of ether oxygens (including phenoxy) is 1. The normalized spacial score (nSPS) is 18.7. The first-order valence-electron chi connectivity index (χ1n) is 15.7. The number of pyridine rings is 2. The fraction of sp³-hybridized carbons (Fsp3) is 0.455. The van der Waals surface area contributed by atoms with Crippen LogP contribution in [0.1, 0.15) is 41.9 Å². The molecule has 2 aromatic heterocycles. The predicted molar refractivity (Wildman–Crippen MR) is 168 cm³/mol. The zero-order chi connectivity index (χ0) is 32.6. The van der Waals surface area contributed by atoms with E-state index >= 15 is 0 Å². The van der Waals surface area contributed by atoms with Gasteiger partial charge in [0.05, 0.1) is 40.8 Å².